The first-order valence-electron chi connectivity index (χ1n) is 6.47. The van der Waals surface area contributed by atoms with E-state index in [2.05, 4.69) is 24.0 Å². The lowest BCUT2D eigenvalue weighted by Crippen LogP contribution is -2.31. The molecular formula is C14H22N2S. The first kappa shape index (κ1) is 12.8. The normalized spacial score (nSPS) is 15.8. The van der Waals surface area contributed by atoms with Gasteiger partial charge in [0.1, 0.15) is 0 Å². The van der Waals surface area contributed by atoms with Gasteiger partial charge in [-0.05, 0) is 54.2 Å². The largest absolute Gasteiger partial charge is 0.399 e. The van der Waals surface area contributed by atoms with Crippen molar-refractivity contribution in [1.82, 2.24) is 4.90 Å². The highest BCUT2D eigenvalue weighted by Gasteiger charge is 2.15. The second-order valence-corrected chi connectivity index (χ2v) is 6.00. The average Bonchev–Trinajstić information content (AvgIpc) is 2.34. The molecule has 0 fully saturated rings. The fraction of sp³-hybridized carbons (Fsp3) is 0.571. The van der Waals surface area contributed by atoms with E-state index in [1.807, 2.05) is 17.8 Å². The topological polar surface area (TPSA) is 29.3 Å². The molecule has 0 unspecified atom stereocenters. The quantitative estimate of drug-likeness (QED) is 0.643. The van der Waals surface area contributed by atoms with Gasteiger partial charge in [0.25, 0.3) is 0 Å². The maximum Gasteiger partial charge on any atom is 0.0317 e. The minimum absolute atomic E-state index is 0.895. The lowest BCUT2D eigenvalue weighted by atomic mass is 9.99. The predicted octanol–water partition coefficient (Wildman–Crippen LogP) is 2.77. The van der Waals surface area contributed by atoms with Gasteiger partial charge in [-0.15, -0.1) is 0 Å². The maximum atomic E-state index is 5.85. The van der Waals surface area contributed by atoms with Crippen LogP contribution in [0.2, 0.25) is 0 Å². The number of benzene rings is 1. The van der Waals surface area contributed by atoms with Gasteiger partial charge < -0.3 is 5.73 Å². The molecule has 0 radical (unpaired) electrons. The molecule has 2 rings (SSSR count). The Morgan fingerprint density at radius 1 is 1.35 bits per heavy atom. The molecular weight excluding hydrogens is 228 g/mol. The van der Waals surface area contributed by atoms with Crippen LogP contribution in [0.4, 0.5) is 5.69 Å². The molecule has 0 aromatic heterocycles. The van der Waals surface area contributed by atoms with E-state index in [1.165, 1.54) is 48.6 Å². The Balaban J connectivity index is 1.85. The number of nitrogens with zero attached hydrogens (tertiary/aromatic N) is 1. The van der Waals surface area contributed by atoms with Gasteiger partial charge in [0, 0.05) is 18.8 Å². The SMILES string of the molecule is CCSCCCN1CCc2ccc(N)cc2C1. The van der Waals surface area contributed by atoms with Gasteiger partial charge >= 0.3 is 0 Å². The predicted molar refractivity (Wildman–Crippen MR) is 77.5 cm³/mol. The molecule has 2 nitrogen and oxygen atoms in total. The lowest BCUT2D eigenvalue weighted by molar-refractivity contribution is 0.255. The van der Waals surface area contributed by atoms with Gasteiger partial charge in [0.2, 0.25) is 0 Å². The Bertz CT molecular complexity index is 365. The molecule has 1 aromatic rings. The molecule has 0 amide bonds. The van der Waals surface area contributed by atoms with Crippen molar-refractivity contribution >= 4 is 17.4 Å². The molecule has 0 saturated heterocycles. The van der Waals surface area contributed by atoms with Crippen LogP contribution in [-0.4, -0.2) is 29.5 Å². The molecule has 94 valence electrons. The average molecular weight is 250 g/mol. The Hall–Kier alpha value is -0.670. The zero-order valence-electron chi connectivity index (χ0n) is 10.6. The van der Waals surface area contributed by atoms with Crippen molar-refractivity contribution in [2.75, 3.05) is 30.3 Å². The van der Waals surface area contributed by atoms with Crippen molar-refractivity contribution in [2.24, 2.45) is 0 Å². The van der Waals surface area contributed by atoms with Crippen LogP contribution >= 0.6 is 11.8 Å². The second kappa shape index (κ2) is 6.31. The van der Waals surface area contributed by atoms with E-state index in [1.54, 1.807) is 0 Å². The number of anilines is 1. The maximum absolute atomic E-state index is 5.85. The summed E-state index contributed by atoms with van der Waals surface area (Å²) in [5.41, 5.74) is 9.66. The van der Waals surface area contributed by atoms with E-state index in [0.29, 0.717) is 0 Å². The number of rotatable bonds is 5. The van der Waals surface area contributed by atoms with Crippen molar-refractivity contribution in [2.45, 2.75) is 26.3 Å². The minimum Gasteiger partial charge on any atom is -0.399 e. The number of hydrogen-bond donors (Lipinski definition) is 1. The Morgan fingerprint density at radius 3 is 3.06 bits per heavy atom. The Morgan fingerprint density at radius 2 is 2.24 bits per heavy atom. The fourth-order valence-corrected chi connectivity index (χ4v) is 2.98. The summed E-state index contributed by atoms with van der Waals surface area (Å²) in [5, 5.41) is 0. The first-order chi connectivity index (χ1) is 8.29. The van der Waals surface area contributed by atoms with Crippen LogP contribution in [0.25, 0.3) is 0 Å². The van der Waals surface area contributed by atoms with Gasteiger partial charge in [-0.1, -0.05) is 13.0 Å². The van der Waals surface area contributed by atoms with Crippen LogP contribution in [0, 0.1) is 0 Å². The molecule has 2 N–H and O–H groups in total. The van der Waals surface area contributed by atoms with Gasteiger partial charge in [-0.3, -0.25) is 4.90 Å². The third-order valence-electron chi connectivity index (χ3n) is 3.29. The van der Waals surface area contributed by atoms with E-state index in [9.17, 15) is 0 Å². The number of hydrogen-bond acceptors (Lipinski definition) is 3. The smallest absolute Gasteiger partial charge is 0.0317 e. The first-order valence-corrected chi connectivity index (χ1v) is 7.62. The summed E-state index contributed by atoms with van der Waals surface area (Å²) in [7, 11) is 0. The molecule has 0 spiro atoms. The van der Waals surface area contributed by atoms with E-state index in [4.69, 9.17) is 5.73 Å². The van der Waals surface area contributed by atoms with Gasteiger partial charge in [0.05, 0.1) is 0 Å². The van der Waals surface area contributed by atoms with Crippen LogP contribution in [0.3, 0.4) is 0 Å². The highest BCUT2D eigenvalue weighted by atomic mass is 32.2. The fourth-order valence-electron chi connectivity index (χ4n) is 2.36. The Kier molecular flexibility index (Phi) is 4.75. The molecule has 1 aliphatic heterocycles. The monoisotopic (exact) mass is 250 g/mol. The lowest BCUT2D eigenvalue weighted by Gasteiger charge is -2.28. The van der Waals surface area contributed by atoms with Crippen LogP contribution in [-0.2, 0) is 13.0 Å². The molecule has 3 heteroatoms. The standard InChI is InChI=1S/C14H22N2S/c1-2-17-9-3-7-16-8-6-12-4-5-14(15)10-13(12)11-16/h4-5,10H,2-3,6-9,11,15H2,1H3. The van der Waals surface area contributed by atoms with E-state index >= 15 is 0 Å². The highest BCUT2D eigenvalue weighted by molar-refractivity contribution is 7.99. The van der Waals surface area contributed by atoms with Crippen LogP contribution in [0.5, 0.6) is 0 Å². The number of nitrogen functional groups attached to an aromatic ring is 1. The summed E-state index contributed by atoms with van der Waals surface area (Å²) in [4.78, 5) is 2.55. The van der Waals surface area contributed by atoms with Crippen LogP contribution < -0.4 is 5.73 Å². The second-order valence-electron chi connectivity index (χ2n) is 4.60. The van der Waals surface area contributed by atoms with E-state index in [0.717, 1.165) is 12.2 Å². The van der Waals surface area contributed by atoms with E-state index < -0.39 is 0 Å². The number of fused-ring (bicyclic) bond motifs is 1. The number of nitrogens with two attached hydrogens (primary N) is 1. The van der Waals surface area contributed by atoms with E-state index in [-0.39, 0.29) is 0 Å². The molecule has 0 bridgehead atoms. The summed E-state index contributed by atoms with van der Waals surface area (Å²) in [6.45, 7) is 5.73. The molecule has 0 aliphatic carbocycles. The van der Waals surface area contributed by atoms with Crippen LogP contribution in [0.1, 0.15) is 24.5 Å². The molecule has 0 saturated carbocycles. The van der Waals surface area contributed by atoms with Gasteiger partial charge in [-0.25, -0.2) is 0 Å². The summed E-state index contributed by atoms with van der Waals surface area (Å²) in [5.74, 6) is 2.52. The third kappa shape index (κ3) is 3.65. The third-order valence-corrected chi connectivity index (χ3v) is 4.27. The zero-order chi connectivity index (χ0) is 12.1. The van der Waals surface area contributed by atoms with Crippen molar-refractivity contribution in [3.8, 4) is 0 Å². The summed E-state index contributed by atoms with van der Waals surface area (Å²) in [6.07, 6.45) is 2.48. The molecule has 1 heterocycles. The molecule has 1 aliphatic rings. The van der Waals surface area contributed by atoms with Gasteiger partial charge in [-0.2, -0.15) is 11.8 Å². The Labute approximate surface area is 109 Å². The summed E-state index contributed by atoms with van der Waals surface area (Å²) >= 11 is 2.04. The van der Waals surface area contributed by atoms with Crippen LogP contribution in [0.15, 0.2) is 18.2 Å². The van der Waals surface area contributed by atoms with Crippen molar-refractivity contribution in [3.05, 3.63) is 29.3 Å². The van der Waals surface area contributed by atoms with Gasteiger partial charge in [0.15, 0.2) is 0 Å². The molecule has 1 aromatic carbocycles. The highest BCUT2D eigenvalue weighted by Crippen LogP contribution is 2.21. The molecule has 0 atom stereocenters. The van der Waals surface area contributed by atoms with Crippen molar-refractivity contribution in [1.29, 1.82) is 0 Å². The molecule has 17 heavy (non-hydrogen) atoms. The minimum atomic E-state index is 0.895. The zero-order valence-corrected chi connectivity index (χ0v) is 11.4. The summed E-state index contributed by atoms with van der Waals surface area (Å²) < 4.78 is 0. The summed E-state index contributed by atoms with van der Waals surface area (Å²) in [6, 6.07) is 6.35. The van der Waals surface area contributed by atoms with Crippen molar-refractivity contribution in [3.63, 3.8) is 0 Å². The van der Waals surface area contributed by atoms with Crippen molar-refractivity contribution < 1.29 is 0 Å². The number of thioether (sulfide) groups is 1.